The predicted molar refractivity (Wildman–Crippen MR) is 110 cm³/mol. The summed E-state index contributed by atoms with van der Waals surface area (Å²) >= 11 is 0. The monoisotopic (exact) mass is 406 g/mol. The standard InChI is InChI=1S/C24H26N2O4/c27-21-16-19-8-4-5-9-20(19)22(26(21)17-18-6-2-1-3-7-18)23(28)25-12-10-24(11-13-25)29-14-15-30-24/h1-9,22H,10-17H2/t22-/m1/s1. The lowest BCUT2D eigenvalue weighted by molar-refractivity contribution is -0.189. The fraction of sp³-hybridized carbons (Fsp3) is 0.417. The summed E-state index contributed by atoms with van der Waals surface area (Å²) in [4.78, 5) is 30.4. The number of hydrogen-bond donors (Lipinski definition) is 0. The summed E-state index contributed by atoms with van der Waals surface area (Å²) < 4.78 is 11.6. The molecule has 5 rings (SSSR count). The van der Waals surface area contributed by atoms with Gasteiger partial charge >= 0.3 is 0 Å². The van der Waals surface area contributed by atoms with Crippen molar-refractivity contribution in [2.24, 2.45) is 0 Å². The summed E-state index contributed by atoms with van der Waals surface area (Å²) in [6.07, 6.45) is 1.66. The molecule has 2 aromatic carbocycles. The minimum Gasteiger partial charge on any atom is -0.347 e. The SMILES string of the molecule is O=C([C@H]1c2ccccc2CC(=O)N1Cc1ccccc1)N1CCC2(CC1)OCCO2. The van der Waals surface area contributed by atoms with Gasteiger partial charge in [-0.3, -0.25) is 9.59 Å². The Morgan fingerprint density at radius 2 is 1.63 bits per heavy atom. The Morgan fingerprint density at radius 1 is 0.967 bits per heavy atom. The van der Waals surface area contributed by atoms with Crippen molar-refractivity contribution in [3.05, 3.63) is 71.3 Å². The van der Waals surface area contributed by atoms with Gasteiger partial charge in [0.25, 0.3) is 0 Å². The third kappa shape index (κ3) is 3.50. The summed E-state index contributed by atoms with van der Waals surface area (Å²) in [7, 11) is 0. The van der Waals surface area contributed by atoms with E-state index in [9.17, 15) is 9.59 Å². The first-order valence-electron chi connectivity index (χ1n) is 10.6. The molecule has 0 radical (unpaired) electrons. The Kier molecular flexibility index (Phi) is 5.05. The lowest BCUT2D eigenvalue weighted by atomic mass is 9.90. The fourth-order valence-electron chi connectivity index (χ4n) is 4.79. The number of rotatable bonds is 3. The van der Waals surface area contributed by atoms with Crippen molar-refractivity contribution in [3.63, 3.8) is 0 Å². The summed E-state index contributed by atoms with van der Waals surface area (Å²) in [5, 5.41) is 0. The van der Waals surface area contributed by atoms with Crippen molar-refractivity contribution in [2.75, 3.05) is 26.3 Å². The fourth-order valence-corrected chi connectivity index (χ4v) is 4.79. The maximum Gasteiger partial charge on any atom is 0.250 e. The van der Waals surface area contributed by atoms with Gasteiger partial charge in [-0.2, -0.15) is 0 Å². The molecule has 0 aromatic heterocycles. The quantitative estimate of drug-likeness (QED) is 0.786. The van der Waals surface area contributed by atoms with Gasteiger partial charge < -0.3 is 19.3 Å². The number of fused-ring (bicyclic) bond motifs is 1. The maximum absolute atomic E-state index is 13.7. The number of benzene rings is 2. The average molecular weight is 406 g/mol. The van der Waals surface area contributed by atoms with Crippen molar-refractivity contribution < 1.29 is 19.1 Å². The Bertz CT molecular complexity index is 929. The van der Waals surface area contributed by atoms with Crippen molar-refractivity contribution in [1.29, 1.82) is 0 Å². The molecule has 1 spiro atoms. The third-order valence-corrected chi connectivity index (χ3v) is 6.40. The zero-order chi connectivity index (χ0) is 20.6. The van der Waals surface area contributed by atoms with Gasteiger partial charge in [0.2, 0.25) is 11.8 Å². The summed E-state index contributed by atoms with van der Waals surface area (Å²) in [6, 6.07) is 17.1. The minimum atomic E-state index is -0.595. The lowest BCUT2D eigenvalue weighted by Crippen LogP contribution is -2.52. The Morgan fingerprint density at radius 3 is 2.37 bits per heavy atom. The van der Waals surface area contributed by atoms with Crippen LogP contribution in [0, 0.1) is 0 Å². The van der Waals surface area contributed by atoms with E-state index >= 15 is 0 Å². The lowest BCUT2D eigenvalue weighted by Gasteiger charge is -2.42. The van der Waals surface area contributed by atoms with Gasteiger partial charge in [0.05, 0.1) is 19.6 Å². The molecule has 2 amide bonds. The van der Waals surface area contributed by atoms with Crippen LogP contribution in [0.15, 0.2) is 54.6 Å². The molecule has 0 saturated carbocycles. The molecule has 2 fully saturated rings. The molecule has 0 aliphatic carbocycles. The number of hydrogen-bond acceptors (Lipinski definition) is 4. The summed E-state index contributed by atoms with van der Waals surface area (Å²) in [5.41, 5.74) is 2.90. The van der Waals surface area contributed by atoms with Crippen LogP contribution in [0.25, 0.3) is 0 Å². The van der Waals surface area contributed by atoms with E-state index in [4.69, 9.17) is 9.47 Å². The molecule has 0 N–H and O–H groups in total. The van der Waals surface area contributed by atoms with E-state index in [-0.39, 0.29) is 11.8 Å². The highest BCUT2D eigenvalue weighted by Crippen LogP contribution is 2.36. The van der Waals surface area contributed by atoms with Crippen LogP contribution in [-0.4, -0.2) is 53.7 Å². The molecule has 0 unspecified atom stereocenters. The normalized spacial score (nSPS) is 22.9. The van der Waals surface area contributed by atoms with Crippen LogP contribution >= 0.6 is 0 Å². The summed E-state index contributed by atoms with van der Waals surface area (Å²) in [5.74, 6) is -0.549. The van der Waals surface area contributed by atoms with Crippen molar-refractivity contribution in [1.82, 2.24) is 9.80 Å². The molecule has 3 aliphatic heterocycles. The zero-order valence-electron chi connectivity index (χ0n) is 17.0. The smallest absolute Gasteiger partial charge is 0.250 e. The van der Waals surface area contributed by atoms with Crippen molar-refractivity contribution >= 4 is 11.8 Å². The van der Waals surface area contributed by atoms with E-state index in [0.29, 0.717) is 52.1 Å². The van der Waals surface area contributed by atoms with E-state index < -0.39 is 11.8 Å². The Labute approximate surface area is 176 Å². The van der Waals surface area contributed by atoms with Crippen LogP contribution < -0.4 is 0 Å². The van der Waals surface area contributed by atoms with Gasteiger partial charge in [-0.05, 0) is 16.7 Å². The second-order valence-electron chi connectivity index (χ2n) is 8.22. The first-order valence-corrected chi connectivity index (χ1v) is 10.6. The molecule has 3 heterocycles. The van der Waals surface area contributed by atoms with Crippen LogP contribution in [-0.2, 0) is 32.0 Å². The number of carbonyl (C=O) groups is 2. The van der Waals surface area contributed by atoms with Gasteiger partial charge in [-0.25, -0.2) is 0 Å². The van der Waals surface area contributed by atoms with Gasteiger partial charge in [-0.15, -0.1) is 0 Å². The van der Waals surface area contributed by atoms with Crippen LogP contribution in [0.2, 0.25) is 0 Å². The molecular weight excluding hydrogens is 380 g/mol. The number of amides is 2. The number of ether oxygens (including phenoxy) is 2. The Balaban J connectivity index is 1.43. The molecular formula is C24H26N2O4. The van der Waals surface area contributed by atoms with Gasteiger partial charge in [-0.1, -0.05) is 54.6 Å². The molecule has 6 nitrogen and oxygen atoms in total. The van der Waals surface area contributed by atoms with E-state index in [0.717, 1.165) is 16.7 Å². The largest absolute Gasteiger partial charge is 0.347 e. The van der Waals surface area contributed by atoms with Gasteiger partial charge in [0.1, 0.15) is 6.04 Å². The molecule has 0 bridgehead atoms. The molecule has 6 heteroatoms. The van der Waals surface area contributed by atoms with Crippen molar-refractivity contribution in [3.8, 4) is 0 Å². The highest BCUT2D eigenvalue weighted by molar-refractivity contribution is 5.92. The van der Waals surface area contributed by atoms with Crippen LogP contribution in [0.1, 0.15) is 35.6 Å². The van der Waals surface area contributed by atoms with E-state index in [1.54, 1.807) is 4.90 Å². The van der Waals surface area contributed by atoms with E-state index in [2.05, 4.69) is 0 Å². The number of piperidine rings is 1. The second-order valence-corrected chi connectivity index (χ2v) is 8.22. The molecule has 2 saturated heterocycles. The Hall–Kier alpha value is -2.70. The van der Waals surface area contributed by atoms with E-state index in [1.807, 2.05) is 59.5 Å². The summed E-state index contributed by atoms with van der Waals surface area (Å²) in [6.45, 7) is 2.80. The molecule has 30 heavy (non-hydrogen) atoms. The highest BCUT2D eigenvalue weighted by atomic mass is 16.7. The molecule has 3 aliphatic rings. The molecule has 156 valence electrons. The van der Waals surface area contributed by atoms with Gasteiger partial charge in [0.15, 0.2) is 5.79 Å². The van der Waals surface area contributed by atoms with Crippen LogP contribution in [0.5, 0.6) is 0 Å². The number of carbonyl (C=O) groups excluding carboxylic acids is 2. The molecule has 1 atom stereocenters. The minimum absolute atomic E-state index is 0.00755. The highest BCUT2D eigenvalue weighted by Gasteiger charge is 2.44. The topological polar surface area (TPSA) is 59.1 Å². The first kappa shape index (κ1) is 19.3. The number of likely N-dealkylation sites (tertiary alicyclic amines) is 1. The average Bonchev–Trinajstić information content (AvgIpc) is 3.23. The number of nitrogens with zero attached hydrogens (tertiary/aromatic N) is 2. The van der Waals surface area contributed by atoms with Crippen LogP contribution in [0.3, 0.4) is 0 Å². The van der Waals surface area contributed by atoms with Crippen molar-refractivity contribution in [2.45, 2.75) is 37.6 Å². The van der Waals surface area contributed by atoms with Gasteiger partial charge in [0, 0.05) is 32.5 Å². The predicted octanol–water partition coefficient (Wildman–Crippen LogP) is 2.68. The second kappa shape index (κ2) is 7.85. The third-order valence-electron chi connectivity index (χ3n) is 6.40. The van der Waals surface area contributed by atoms with E-state index in [1.165, 1.54) is 0 Å². The zero-order valence-corrected chi connectivity index (χ0v) is 17.0. The maximum atomic E-state index is 13.7. The first-order chi connectivity index (χ1) is 14.7. The molecule has 2 aromatic rings. The van der Waals surface area contributed by atoms with Crippen LogP contribution in [0.4, 0.5) is 0 Å².